The van der Waals surface area contributed by atoms with Gasteiger partial charge in [0.2, 0.25) is 0 Å². The number of anilines is 1. The molecule has 28 heavy (non-hydrogen) atoms. The summed E-state index contributed by atoms with van der Waals surface area (Å²) in [6.07, 6.45) is -0.560. The Morgan fingerprint density at radius 3 is 2.61 bits per heavy atom. The first-order valence-electron chi connectivity index (χ1n) is 9.48. The van der Waals surface area contributed by atoms with Crippen LogP contribution in [0.5, 0.6) is 5.75 Å². The maximum atomic E-state index is 13.0. The van der Waals surface area contributed by atoms with Crippen LogP contribution in [0.3, 0.4) is 0 Å². The summed E-state index contributed by atoms with van der Waals surface area (Å²) in [7, 11) is 0. The molecule has 1 aromatic carbocycles. The first kappa shape index (κ1) is 20.1. The lowest BCUT2D eigenvalue weighted by Crippen LogP contribution is -2.37. The molecule has 0 unspecified atom stereocenters. The average molecular weight is 387 g/mol. The maximum absolute atomic E-state index is 13.0. The summed E-state index contributed by atoms with van der Waals surface area (Å²) < 4.78 is 24.0. The second-order valence-electron chi connectivity index (χ2n) is 7.14. The third-order valence-corrected chi connectivity index (χ3v) is 4.60. The summed E-state index contributed by atoms with van der Waals surface area (Å²) in [4.78, 5) is 19.2. The molecule has 1 aliphatic rings. The van der Waals surface area contributed by atoms with Crippen molar-refractivity contribution in [3.8, 4) is 5.75 Å². The minimum atomic E-state index is -0.560. The Bertz CT molecular complexity index is 818. The highest BCUT2D eigenvalue weighted by molar-refractivity contribution is 5.71. The van der Waals surface area contributed by atoms with Gasteiger partial charge in [0.15, 0.2) is 5.75 Å². The van der Waals surface area contributed by atoms with Gasteiger partial charge in [-0.15, -0.1) is 0 Å². The predicted molar refractivity (Wildman–Crippen MR) is 105 cm³/mol. The average Bonchev–Trinajstić information content (AvgIpc) is 2.69. The third kappa shape index (κ3) is 4.98. The smallest absolute Gasteiger partial charge is 0.408 e. The van der Waals surface area contributed by atoms with Crippen molar-refractivity contribution in [3.63, 3.8) is 0 Å². The lowest BCUT2D eigenvalue weighted by molar-refractivity contribution is 0.122. The highest BCUT2D eigenvalue weighted by Gasteiger charge is 2.21. The van der Waals surface area contributed by atoms with Crippen LogP contribution in [0.4, 0.5) is 15.0 Å². The van der Waals surface area contributed by atoms with Crippen LogP contribution in [-0.4, -0.2) is 37.4 Å². The van der Waals surface area contributed by atoms with E-state index in [1.54, 1.807) is 12.1 Å². The fourth-order valence-corrected chi connectivity index (χ4v) is 3.05. The summed E-state index contributed by atoms with van der Waals surface area (Å²) >= 11 is 0. The monoisotopic (exact) mass is 387 g/mol. The molecule has 2 aromatic rings. The van der Waals surface area contributed by atoms with Crippen molar-refractivity contribution in [2.75, 3.05) is 31.2 Å². The number of nitrogens with one attached hydrogen (secondary N) is 1. The van der Waals surface area contributed by atoms with Gasteiger partial charge in [0.1, 0.15) is 11.6 Å². The van der Waals surface area contributed by atoms with Crippen molar-refractivity contribution in [1.29, 1.82) is 0 Å². The number of benzene rings is 1. The molecule has 0 spiro atoms. The van der Waals surface area contributed by atoms with Gasteiger partial charge < -0.3 is 19.7 Å². The minimum absolute atomic E-state index is 0.0968. The van der Waals surface area contributed by atoms with Crippen molar-refractivity contribution in [3.05, 3.63) is 53.0 Å². The number of amides is 1. The molecule has 0 saturated carbocycles. The number of carbonyl (C=O) groups is 1. The maximum Gasteiger partial charge on any atom is 0.412 e. The van der Waals surface area contributed by atoms with E-state index in [9.17, 15) is 9.18 Å². The first-order chi connectivity index (χ1) is 13.4. The molecule has 2 heterocycles. The van der Waals surface area contributed by atoms with E-state index in [0.29, 0.717) is 19.0 Å². The number of nitrogens with zero attached hydrogens (tertiary/aromatic N) is 2. The predicted octanol–water partition coefficient (Wildman–Crippen LogP) is 3.78. The zero-order chi connectivity index (χ0) is 20.1. The molecule has 1 amide bonds. The number of rotatable bonds is 5. The zero-order valence-electron chi connectivity index (χ0n) is 16.5. The van der Waals surface area contributed by atoms with Crippen molar-refractivity contribution in [1.82, 2.24) is 10.3 Å². The van der Waals surface area contributed by atoms with Gasteiger partial charge in [-0.05, 0) is 42.2 Å². The zero-order valence-corrected chi connectivity index (χ0v) is 16.5. The van der Waals surface area contributed by atoms with Crippen molar-refractivity contribution < 1.29 is 18.7 Å². The van der Waals surface area contributed by atoms with E-state index >= 15 is 0 Å². The Hall–Kier alpha value is -2.67. The molecular formula is C21H26FN3O3. The summed E-state index contributed by atoms with van der Waals surface area (Å²) in [6.45, 7) is 9.17. The second kappa shape index (κ2) is 9.01. The quantitative estimate of drug-likeness (QED) is 0.846. The van der Waals surface area contributed by atoms with Crippen molar-refractivity contribution >= 4 is 11.9 Å². The standard InChI is InChI=1S/C21H26FN3O3/c1-14(2)19-20(15(3)12-18(24-19)25-8-10-27-11-9-25)28-21(26)23-13-16-4-6-17(22)7-5-16/h4-7,12,14H,8-11,13H2,1-3H3,(H,23,26). The van der Waals surface area contributed by atoms with Crippen LogP contribution in [0.25, 0.3) is 0 Å². The number of halogens is 1. The van der Waals surface area contributed by atoms with E-state index in [0.717, 1.165) is 35.7 Å². The number of hydrogen-bond donors (Lipinski definition) is 1. The molecule has 150 valence electrons. The highest BCUT2D eigenvalue weighted by atomic mass is 19.1. The van der Waals surface area contributed by atoms with Crippen LogP contribution in [0.15, 0.2) is 30.3 Å². The van der Waals surface area contributed by atoms with Crippen LogP contribution in [-0.2, 0) is 11.3 Å². The molecule has 1 aliphatic heterocycles. The minimum Gasteiger partial charge on any atom is -0.408 e. The Balaban J connectivity index is 1.72. The molecule has 0 aliphatic carbocycles. The molecule has 7 heteroatoms. The number of carbonyl (C=O) groups excluding carboxylic acids is 1. The molecule has 3 rings (SSSR count). The van der Waals surface area contributed by atoms with E-state index in [1.165, 1.54) is 12.1 Å². The Labute approximate surface area is 164 Å². The highest BCUT2D eigenvalue weighted by Crippen LogP contribution is 2.32. The normalized spacial score (nSPS) is 14.2. The number of hydrogen-bond acceptors (Lipinski definition) is 5. The summed E-state index contributed by atoms with van der Waals surface area (Å²) in [5, 5.41) is 2.70. The molecule has 0 bridgehead atoms. The van der Waals surface area contributed by atoms with E-state index < -0.39 is 6.09 Å². The van der Waals surface area contributed by atoms with Crippen LogP contribution in [0.2, 0.25) is 0 Å². The molecular weight excluding hydrogens is 361 g/mol. The van der Waals surface area contributed by atoms with Gasteiger partial charge in [0.05, 0.1) is 18.9 Å². The van der Waals surface area contributed by atoms with Gasteiger partial charge in [-0.2, -0.15) is 0 Å². The summed E-state index contributed by atoms with van der Waals surface area (Å²) in [5.74, 6) is 1.15. The SMILES string of the molecule is Cc1cc(N2CCOCC2)nc(C(C)C)c1OC(=O)NCc1ccc(F)cc1. The van der Waals surface area contributed by atoms with Gasteiger partial charge in [-0.25, -0.2) is 14.2 Å². The first-order valence-corrected chi connectivity index (χ1v) is 9.48. The number of morpholine rings is 1. The van der Waals surface area contributed by atoms with Crippen LogP contribution in [0.1, 0.15) is 36.6 Å². The Kier molecular flexibility index (Phi) is 6.46. The molecule has 1 aromatic heterocycles. The molecule has 0 radical (unpaired) electrons. The number of pyridine rings is 1. The fraction of sp³-hybridized carbons (Fsp3) is 0.429. The van der Waals surface area contributed by atoms with Gasteiger partial charge in [-0.1, -0.05) is 26.0 Å². The third-order valence-electron chi connectivity index (χ3n) is 4.60. The number of aryl methyl sites for hydroxylation is 1. The molecule has 6 nitrogen and oxygen atoms in total. The van der Waals surface area contributed by atoms with Crippen molar-refractivity contribution in [2.45, 2.75) is 33.2 Å². The van der Waals surface area contributed by atoms with E-state index in [1.807, 2.05) is 26.8 Å². The van der Waals surface area contributed by atoms with E-state index in [4.69, 9.17) is 14.5 Å². The van der Waals surface area contributed by atoms with E-state index in [2.05, 4.69) is 10.2 Å². The van der Waals surface area contributed by atoms with Gasteiger partial charge >= 0.3 is 6.09 Å². The molecule has 1 fully saturated rings. The van der Waals surface area contributed by atoms with E-state index in [-0.39, 0.29) is 18.3 Å². The van der Waals surface area contributed by atoms with Gasteiger partial charge in [0.25, 0.3) is 0 Å². The molecule has 0 atom stereocenters. The summed E-state index contributed by atoms with van der Waals surface area (Å²) in [5.41, 5.74) is 2.40. The largest absolute Gasteiger partial charge is 0.412 e. The van der Waals surface area contributed by atoms with Crippen molar-refractivity contribution in [2.24, 2.45) is 0 Å². The topological polar surface area (TPSA) is 63.7 Å². The molecule has 1 N–H and O–H groups in total. The lowest BCUT2D eigenvalue weighted by Gasteiger charge is -2.29. The number of ether oxygens (including phenoxy) is 2. The fourth-order valence-electron chi connectivity index (χ4n) is 3.05. The van der Waals surface area contributed by atoms with Crippen LogP contribution >= 0.6 is 0 Å². The Morgan fingerprint density at radius 1 is 1.29 bits per heavy atom. The lowest BCUT2D eigenvalue weighted by atomic mass is 10.1. The van der Waals surface area contributed by atoms with Crippen LogP contribution < -0.4 is 15.0 Å². The molecule has 1 saturated heterocycles. The number of aromatic nitrogens is 1. The van der Waals surface area contributed by atoms with Crippen LogP contribution in [0, 0.1) is 12.7 Å². The second-order valence-corrected chi connectivity index (χ2v) is 7.14. The summed E-state index contributed by atoms with van der Waals surface area (Å²) in [6, 6.07) is 7.91. The van der Waals surface area contributed by atoms with Gasteiger partial charge in [-0.3, -0.25) is 0 Å². The van der Waals surface area contributed by atoms with Gasteiger partial charge in [0, 0.05) is 19.6 Å². The Morgan fingerprint density at radius 2 is 1.96 bits per heavy atom.